The first-order valence-corrected chi connectivity index (χ1v) is 13.5. The van der Waals surface area contributed by atoms with Gasteiger partial charge in [-0.3, -0.25) is 9.36 Å². The number of benzene rings is 4. The van der Waals surface area contributed by atoms with Crippen LogP contribution in [-0.4, -0.2) is 4.57 Å². The summed E-state index contributed by atoms with van der Waals surface area (Å²) >= 11 is 1.22. The summed E-state index contributed by atoms with van der Waals surface area (Å²) < 4.78 is 2.20. The Bertz CT molecular complexity index is 2020. The number of nitrogens with two attached hydrogens (primary N) is 1. The maximum Gasteiger partial charge on any atom is 0.274 e. The van der Waals surface area contributed by atoms with Gasteiger partial charge < -0.3 is 5.73 Å². The molecule has 0 unspecified atom stereocenters. The Morgan fingerprint density at radius 2 is 1.20 bits per heavy atom. The first kappa shape index (κ1) is 24.9. The van der Waals surface area contributed by atoms with Gasteiger partial charge in [0.15, 0.2) is 0 Å². The molecule has 1 atom stereocenters. The number of hydrogen-bond donors (Lipinski definition) is 1. The maximum atomic E-state index is 13.5. The van der Waals surface area contributed by atoms with Gasteiger partial charge in [0.2, 0.25) is 0 Å². The summed E-state index contributed by atoms with van der Waals surface area (Å²) in [6.45, 7) is 0. The van der Waals surface area contributed by atoms with Crippen LogP contribution >= 0.6 is 11.3 Å². The van der Waals surface area contributed by atoms with E-state index in [9.17, 15) is 15.3 Å². The van der Waals surface area contributed by atoms with Gasteiger partial charge in [0, 0.05) is 0 Å². The molecular weight excluding hydrogens is 512 g/mol. The highest BCUT2D eigenvalue weighted by atomic mass is 32.1. The number of allylic oxidation sites excluding steroid dienone is 1. The summed E-state index contributed by atoms with van der Waals surface area (Å²) in [4.78, 5) is 13.5. The largest absolute Gasteiger partial charge is 0.384 e. The van der Waals surface area contributed by atoms with Crippen molar-refractivity contribution in [1.29, 1.82) is 10.5 Å². The van der Waals surface area contributed by atoms with Crippen molar-refractivity contribution in [1.82, 2.24) is 4.57 Å². The fraction of sp³-hybridized carbons (Fsp3) is 0.0294. The molecule has 0 radical (unpaired) electrons. The van der Waals surface area contributed by atoms with Crippen LogP contribution in [0.1, 0.15) is 17.0 Å². The summed E-state index contributed by atoms with van der Waals surface area (Å²) in [6, 6.07) is 40.2. The molecular formula is C34H22N4OS. The van der Waals surface area contributed by atoms with Gasteiger partial charge in [-0.15, -0.1) is 11.3 Å². The highest BCUT2D eigenvalue weighted by Crippen LogP contribution is 2.36. The Kier molecular flexibility index (Phi) is 6.46. The summed E-state index contributed by atoms with van der Waals surface area (Å²) in [5.74, 6) is -0.593. The van der Waals surface area contributed by atoms with Crippen LogP contribution in [0.5, 0.6) is 0 Å². The summed E-state index contributed by atoms with van der Waals surface area (Å²) in [5.41, 5.74) is 12.5. The molecule has 40 heavy (non-hydrogen) atoms. The van der Waals surface area contributed by atoms with E-state index < -0.39 is 5.92 Å². The Labute approximate surface area is 234 Å². The lowest BCUT2D eigenvalue weighted by atomic mass is 9.84. The zero-order valence-corrected chi connectivity index (χ0v) is 22.1. The van der Waals surface area contributed by atoms with Crippen molar-refractivity contribution < 1.29 is 0 Å². The van der Waals surface area contributed by atoms with Crippen LogP contribution in [0, 0.1) is 22.7 Å². The molecule has 6 heteroatoms. The molecule has 5 nitrogen and oxygen atoms in total. The van der Waals surface area contributed by atoms with Gasteiger partial charge in [-0.25, -0.2) is 0 Å². The van der Waals surface area contributed by atoms with Crippen LogP contribution in [0.2, 0.25) is 0 Å². The molecule has 6 rings (SSSR count). The predicted molar refractivity (Wildman–Crippen MR) is 160 cm³/mol. The third kappa shape index (κ3) is 4.33. The molecule has 190 valence electrons. The second-order valence-electron chi connectivity index (χ2n) is 9.40. The van der Waals surface area contributed by atoms with Gasteiger partial charge in [-0.05, 0) is 39.5 Å². The Morgan fingerprint density at radius 1 is 0.700 bits per heavy atom. The van der Waals surface area contributed by atoms with E-state index in [4.69, 9.17) is 5.73 Å². The molecule has 0 amide bonds. The van der Waals surface area contributed by atoms with E-state index in [2.05, 4.69) is 12.1 Å². The van der Waals surface area contributed by atoms with Crippen LogP contribution in [0.3, 0.4) is 0 Å². The van der Waals surface area contributed by atoms with E-state index in [0.717, 1.165) is 33.4 Å². The first-order chi connectivity index (χ1) is 19.6. The summed E-state index contributed by atoms with van der Waals surface area (Å²) in [7, 11) is 0. The molecule has 2 heterocycles. The first-order valence-electron chi connectivity index (χ1n) is 12.7. The average molecular weight is 535 g/mol. The Hall–Kier alpha value is -5.43. The lowest BCUT2D eigenvalue weighted by Gasteiger charge is -2.22. The van der Waals surface area contributed by atoms with E-state index in [1.807, 2.05) is 109 Å². The molecule has 0 spiro atoms. The van der Waals surface area contributed by atoms with E-state index in [-0.39, 0.29) is 17.0 Å². The molecule has 1 aromatic heterocycles. The van der Waals surface area contributed by atoms with Crippen LogP contribution in [0.15, 0.2) is 120 Å². The van der Waals surface area contributed by atoms with Crippen LogP contribution < -0.4 is 20.5 Å². The second kappa shape index (κ2) is 10.4. The third-order valence-electron chi connectivity index (χ3n) is 7.06. The lowest BCUT2D eigenvalue weighted by Crippen LogP contribution is -2.38. The van der Waals surface area contributed by atoms with Gasteiger partial charge in [-0.2, -0.15) is 10.5 Å². The van der Waals surface area contributed by atoms with Crippen molar-refractivity contribution in [2.75, 3.05) is 0 Å². The van der Waals surface area contributed by atoms with E-state index in [1.165, 1.54) is 15.9 Å². The molecule has 1 aliphatic rings. The van der Waals surface area contributed by atoms with Gasteiger partial charge in [0.25, 0.3) is 5.56 Å². The molecule has 4 aromatic carbocycles. The number of hydrogen-bond acceptors (Lipinski definition) is 5. The molecule has 0 aliphatic carbocycles. The average Bonchev–Trinajstić information content (AvgIpc) is 3.34. The molecule has 0 fully saturated rings. The van der Waals surface area contributed by atoms with Gasteiger partial charge in [0.05, 0.1) is 33.7 Å². The highest BCUT2D eigenvalue weighted by molar-refractivity contribution is 7.07. The number of rotatable bonds is 4. The van der Waals surface area contributed by atoms with E-state index in [0.29, 0.717) is 14.8 Å². The normalized spacial score (nSPS) is 14.9. The van der Waals surface area contributed by atoms with Gasteiger partial charge >= 0.3 is 0 Å². The minimum Gasteiger partial charge on any atom is -0.384 e. The lowest BCUT2D eigenvalue weighted by molar-refractivity contribution is 0.906. The summed E-state index contributed by atoms with van der Waals surface area (Å²) in [6.07, 6.45) is 1.80. The highest BCUT2D eigenvalue weighted by Gasteiger charge is 2.32. The minimum atomic E-state index is -0.657. The van der Waals surface area contributed by atoms with Crippen molar-refractivity contribution in [2.24, 2.45) is 5.73 Å². The quantitative estimate of drug-likeness (QED) is 0.343. The number of nitrogens with zero attached hydrogens (tertiary/aromatic N) is 3. The van der Waals surface area contributed by atoms with E-state index >= 15 is 0 Å². The van der Waals surface area contributed by atoms with Crippen LogP contribution in [-0.2, 0) is 0 Å². The third-order valence-corrected chi connectivity index (χ3v) is 8.16. The van der Waals surface area contributed by atoms with Crippen LogP contribution in [0.4, 0.5) is 0 Å². The monoisotopic (exact) mass is 534 g/mol. The van der Waals surface area contributed by atoms with Crippen molar-refractivity contribution in [3.8, 4) is 34.4 Å². The summed E-state index contributed by atoms with van der Waals surface area (Å²) in [5, 5.41) is 20.3. The number of aromatic nitrogens is 1. The number of fused-ring (bicyclic) bond motifs is 1. The molecule has 5 aromatic rings. The van der Waals surface area contributed by atoms with Crippen molar-refractivity contribution in [3.63, 3.8) is 0 Å². The number of thiazole rings is 1. The predicted octanol–water partition coefficient (Wildman–Crippen LogP) is 5.20. The van der Waals surface area contributed by atoms with Crippen molar-refractivity contribution >= 4 is 28.8 Å². The fourth-order valence-electron chi connectivity index (χ4n) is 5.04. The van der Waals surface area contributed by atoms with Gasteiger partial charge in [0.1, 0.15) is 10.5 Å². The maximum absolute atomic E-state index is 13.5. The zero-order valence-electron chi connectivity index (χ0n) is 21.3. The molecule has 0 bridgehead atoms. The zero-order chi connectivity index (χ0) is 27.6. The van der Waals surface area contributed by atoms with Crippen molar-refractivity contribution in [3.05, 3.63) is 145 Å². The van der Waals surface area contributed by atoms with Crippen LogP contribution in [0.25, 0.3) is 39.7 Å². The van der Waals surface area contributed by atoms with E-state index in [1.54, 1.807) is 6.08 Å². The topological polar surface area (TPSA) is 95.6 Å². The molecule has 1 aliphatic heterocycles. The Balaban J connectivity index is 1.45. The minimum absolute atomic E-state index is 0.0639. The Morgan fingerprint density at radius 3 is 1.73 bits per heavy atom. The molecule has 0 saturated carbocycles. The molecule has 0 saturated heterocycles. The van der Waals surface area contributed by atoms with Gasteiger partial charge in [-0.1, -0.05) is 109 Å². The van der Waals surface area contributed by atoms with Crippen molar-refractivity contribution in [2.45, 2.75) is 5.92 Å². The second-order valence-corrected chi connectivity index (χ2v) is 10.4. The smallest absolute Gasteiger partial charge is 0.274 e. The fourth-order valence-corrected chi connectivity index (χ4v) is 6.17. The standard InChI is InChI=1S/C34H22N4OS/c35-20-28-31(27-17-15-26(16-18-27)24-9-5-2-6-10-24)29(21-36)34-38(32(28)37)33(39)30(40-34)19-22-11-13-25(14-12-22)23-7-3-1-4-8-23/h1-19,31H,37H2/b30-19+/t31-/m0/s1. The number of nitriles is 2. The molecule has 2 N–H and O–H groups in total. The SMILES string of the molecule is N#CC1=C(N)n2c(s/c(=C/c3ccc(-c4ccccc4)cc3)c2=O)=C(C#N)[C@H]1c1ccc(-c2ccccc2)cc1.